The number of carbonyl (C=O) groups is 1. The van der Waals surface area contributed by atoms with E-state index in [1.165, 1.54) is 0 Å². The molecule has 0 bridgehead atoms. The van der Waals surface area contributed by atoms with Gasteiger partial charge in [0.2, 0.25) is 5.91 Å². The number of para-hydroxylation sites is 1. The lowest BCUT2D eigenvalue weighted by atomic mass is 10.2. The summed E-state index contributed by atoms with van der Waals surface area (Å²) in [5.74, 6) is 1.72. The summed E-state index contributed by atoms with van der Waals surface area (Å²) in [6.45, 7) is 10.9. The first kappa shape index (κ1) is 27.0. The van der Waals surface area contributed by atoms with Crippen molar-refractivity contribution in [2.75, 3.05) is 90.2 Å². The van der Waals surface area contributed by atoms with Gasteiger partial charge in [-0.3, -0.25) is 14.6 Å². The van der Waals surface area contributed by atoms with Crippen LogP contribution in [0.3, 0.4) is 0 Å². The average Bonchev–Trinajstić information content (AvgIpc) is 3.51. The van der Waals surface area contributed by atoms with Gasteiger partial charge in [-0.25, -0.2) is 9.97 Å². The molecule has 1 N–H and O–H groups in total. The van der Waals surface area contributed by atoms with Crippen LogP contribution >= 0.6 is 11.3 Å². The third-order valence-corrected chi connectivity index (χ3v) is 7.96. The Kier molecular flexibility index (Phi) is 9.90. The first-order chi connectivity index (χ1) is 18.8. The fourth-order valence-electron chi connectivity index (χ4n) is 4.95. The number of fused-ring (bicyclic) bond motifs is 1. The number of benzene rings is 1. The lowest BCUT2D eigenvalue weighted by Gasteiger charge is -2.29. The number of amides is 1. The monoisotopic (exact) mass is 538 g/mol. The molecule has 204 valence electrons. The van der Waals surface area contributed by atoms with E-state index in [1.807, 2.05) is 24.3 Å². The Labute approximate surface area is 228 Å². The van der Waals surface area contributed by atoms with Gasteiger partial charge < -0.3 is 19.7 Å². The molecule has 38 heavy (non-hydrogen) atoms. The smallest absolute Gasteiger partial charge is 0.221 e. The van der Waals surface area contributed by atoms with Crippen LogP contribution in [0.5, 0.6) is 0 Å². The number of thiophene rings is 1. The molecule has 2 aliphatic rings. The Hall–Kier alpha value is -2.63. The SMILES string of the molecule is O=C(CCN(CCCN1CCOCC1)c1nc(-c2cccs2)nc2ccccc12)NCCN1CCOCC1. The Morgan fingerprint density at radius 1 is 0.921 bits per heavy atom. The second kappa shape index (κ2) is 14.0. The number of aromatic nitrogens is 2. The number of hydrogen-bond donors (Lipinski definition) is 1. The molecule has 0 saturated carbocycles. The molecule has 9 nitrogen and oxygen atoms in total. The quantitative estimate of drug-likeness (QED) is 0.377. The van der Waals surface area contributed by atoms with Crippen LogP contribution in [0.25, 0.3) is 21.6 Å². The summed E-state index contributed by atoms with van der Waals surface area (Å²) in [5, 5.41) is 6.19. The molecule has 2 aromatic heterocycles. The predicted molar refractivity (Wildman–Crippen MR) is 152 cm³/mol. The first-order valence-corrected chi connectivity index (χ1v) is 14.6. The van der Waals surface area contributed by atoms with E-state index in [0.29, 0.717) is 19.5 Å². The molecule has 0 radical (unpaired) electrons. The number of carbonyl (C=O) groups excluding carboxylic acids is 1. The van der Waals surface area contributed by atoms with E-state index < -0.39 is 0 Å². The van der Waals surface area contributed by atoms with Crippen molar-refractivity contribution in [3.05, 3.63) is 41.8 Å². The van der Waals surface area contributed by atoms with Crippen LogP contribution in [0.1, 0.15) is 12.8 Å². The van der Waals surface area contributed by atoms with Crippen molar-refractivity contribution in [2.45, 2.75) is 12.8 Å². The van der Waals surface area contributed by atoms with E-state index in [4.69, 9.17) is 19.4 Å². The van der Waals surface area contributed by atoms with Crippen LogP contribution in [-0.2, 0) is 14.3 Å². The Balaban J connectivity index is 1.28. The van der Waals surface area contributed by atoms with Gasteiger partial charge in [-0.05, 0) is 30.0 Å². The molecular weight excluding hydrogens is 500 g/mol. The van der Waals surface area contributed by atoms with E-state index in [1.54, 1.807) is 11.3 Å². The maximum absolute atomic E-state index is 12.8. The van der Waals surface area contributed by atoms with Crippen LogP contribution in [-0.4, -0.2) is 111 Å². The van der Waals surface area contributed by atoms with E-state index in [-0.39, 0.29) is 5.91 Å². The van der Waals surface area contributed by atoms with Gasteiger partial charge in [0.15, 0.2) is 5.82 Å². The molecule has 3 aromatic rings. The van der Waals surface area contributed by atoms with Crippen molar-refractivity contribution in [3.8, 4) is 10.7 Å². The third-order valence-electron chi connectivity index (χ3n) is 7.09. The number of rotatable bonds is 12. The van der Waals surface area contributed by atoms with E-state index in [0.717, 1.165) is 106 Å². The number of nitrogens with one attached hydrogen (secondary N) is 1. The Morgan fingerprint density at radius 2 is 1.66 bits per heavy atom. The molecular formula is C28H38N6O3S. The van der Waals surface area contributed by atoms with Crippen molar-refractivity contribution in [1.29, 1.82) is 0 Å². The Bertz CT molecular complexity index is 1150. The number of anilines is 1. The summed E-state index contributed by atoms with van der Waals surface area (Å²) in [6, 6.07) is 12.3. The van der Waals surface area contributed by atoms with Crippen molar-refractivity contribution in [2.24, 2.45) is 0 Å². The highest BCUT2D eigenvalue weighted by molar-refractivity contribution is 7.13. The molecule has 2 saturated heterocycles. The van der Waals surface area contributed by atoms with Gasteiger partial charge in [0.05, 0.1) is 36.8 Å². The highest BCUT2D eigenvalue weighted by Crippen LogP contribution is 2.29. The van der Waals surface area contributed by atoms with Crippen molar-refractivity contribution in [1.82, 2.24) is 25.1 Å². The standard InChI is InChI=1S/C28H38N6O3S/c35-26(29-9-13-33-16-20-37-21-17-33)8-12-34(11-4-10-32-14-18-36-19-15-32)28-23-5-1-2-6-24(23)30-27(31-28)25-7-3-22-38-25/h1-3,5-7,22H,4,8-21H2,(H,29,35). The summed E-state index contributed by atoms with van der Waals surface area (Å²) in [7, 11) is 0. The van der Waals surface area contributed by atoms with Gasteiger partial charge in [-0.1, -0.05) is 18.2 Å². The first-order valence-electron chi connectivity index (χ1n) is 13.7. The summed E-state index contributed by atoms with van der Waals surface area (Å²) in [4.78, 5) is 30.8. The van der Waals surface area contributed by atoms with Gasteiger partial charge >= 0.3 is 0 Å². The predicted octanol–water partition coefficient (Wildman–Crippen LogP) is 2.73. The molecule has 4 heterocycles. The molecule has 0 unspecified atom stereocenters. The summed E-state index contributed by atoms with van der Waals surface area (Å²) >= 11 is 1.64. The minimum absolute atomic E-state index is 0.0771. The zero-order chi connectivity index (χ0) is 26.0. The van der Waals surface area contributed by atoms with Gasteiger partial charge in [0.1, 0.15) is 5.82 Å². The number of hydrogen-bond acceptors (Lipinski definition) is 9. The molecule has 0 aliphatic carbocycles. The van der Waals surface area contributed by atoms with E-state index >= 15 is 0 Å². The van der Waals surface area contributed by atoms with Crippen LogP contribution in [0, 0.1) is 0 Å². The molecule has 0 spiro atoms. The zero-order valence-electron chi connectivity index (χ0n) is 22.0. The van der Waals surface area contributed by atoms with Gasteiger partial charge in [-0.15, -0.1) is 11.3 Å². The largest absolute Gasteiger partial charge is 0.379 e. The summed E-state index contributed by atoms with van der Waals surface area (Å²) in [5.41, 5.74) is 0.925. The number of ether oxygens (including phenoxy) is 2. The molecule has 5 rings (SSSR count). The lowest BCUT2D eigenvalue weighted by molar-refractivity contribution is -0.121. The molecule has 2 aliphatic heterocycles. The average molecular weight is 539 g/mol. The third kappa shape index (κ3) is 7.48. The number of morpholine rings is 2. The van der Waals surface area contributed by atoms with Crippen molar-refractivity contribution in [3.63, 3.8) is 0 Å². The minimum Gasteiger partial charge on any atom is -0.379 e. The Morgan fingerprint density at radius 3 is 2.39 bits per heavy atom. The van der Waals surface area contributed by atoms with Crippen LogP contribution in [0.4, 0.5) is 5.82 Å². The maximum Gasteiger partial charge on any atom is 0.221 e. The highest BCUT2D eigenvalue weighted by Gasteiger charge is 2.18. The fourth-order valence-corrected chi connectivity index (χ4v) is 5.61. The second-order valence-electron chi connectivity index (χ2n) is 9.71. The van der Waals surface area contributed by atoms with Gasteiger partial charge in [0.25, 0.3) is 0 Å². The minimum atomic E-state index is 0.0771. The molecule has 1 amide bonds. The molecule has 0 atom stereocenters. The van der Waals surface area contributed by atoms with Gasteiger partial charge in [0, 0.05) is 70.7 Å². The topological polar surface area (TPSA) is 83.1 Å². The van der Waals surface area contributed by atoms with Crippen LogP contribution in [0.2, 0.25) is 0 Å². The fraction of sp³-hybridized carbons (Fsp3) is 0.536. The summed E-state index contributed by atoms with van der Waals surface area (Å²) < 4.78 is 10.9. The van der Waals surface area contributed by atoms with Crippen LogP contribution < -0.4 is 10.2 Å². The summed E-state index contributed by atoms with van der Waals surface area (Å²) in [6.07, 6.45) is 1.42. The van der Waals surface area contributed by atoms with Gasteiger partial charge in [-0.2, -0.15) is 0 Å². The molecule has 2 fully saturated rings. The maximum atomic E-state index is 12.8. The second-order valence-corrected chi connectivity index (χ2v) is 10.7. The van der Waals surface area contributed by atoms with Crippen molar-refractivity contribution >= 4 is 34.0 Å². The zero-order valence-corrected chi connectivity index (χ0v) is 22.8. The van der Waals surface area contributed by atoms with E-state index in [9.17, 15) is 4.79 Å². The van der Waals surface area contributed by atoms with E-state index in [2.05, 4.69) is 37.5 Å². The lowest BCUT2D eigenvalue weighted by Crippen LogP contribution is -2.42. The highest BCUT2D eigenvalue weighted by atomic mass is 32.1. The van der Waals surface area contributed by atoms with Crippen molar-refractivity contribution < 1.29 is 14.3 Å². The van der Waals surface area contributed by atoms with Crippen LogP contribution in [0.15, 0.2) is 41.8 Å². The normalized spacial score (nSPS) is 17.1. The number of nitrogens with zero attached hydrogens (tertiary/aromatic N) is 5. The molecule has 1 aromatic carbocycles. The molecule has 10 heteroatoms.